The Morgan fingerprint density at radius 1 is 1.29 bits per heavy atom. The minimum Gasteiger partial charge on any atom is -0.398 e. The lowest BCUT2D eigenvalue weighted by molar-refractivity contribution is 0.102. The van der Waals surface area contributed by atoms with E-state index in [1.807, 2.05) is 19.1 Å². The molecule has 0 bridgehead atoms. The number of nitrogen functional groups attached to an aromatic ring is 1. The number of benzene rings is 1. The topological polar surface area (TPSA) is 68.0 Å². The van der Waals surface area contributed by atoms with Crippen LogP contribution in [0.3, 0.4) is 0 Å². The van der Waals surface area contributed by atoms with Gasteiger partial charge >= 0.3 is 0 Å². The van der Waals surface area contributed by atoms with Gasteiger partial charge in [0.25, 0.3) is 5.91 Å². The zero-order chi connectivity index (χ0) is 12.3. The molecule has 4 heteroatoms. The molecular formula is C13H13N3O. The molecule has 1 heterocycles. The first-order valence-corrected chi connectivity index (χ1v) is 5.25. The summed E-state index contributed by atoms with van der Waals surface area (Å²) in [6, 6.07) is 10.7. The summed E-state index contributed by atoms with van der Waals surface area (Å²) in [4.78, 5) is 16.0. The number of hydrogen-bond acceptors (Lipinski definition) is 3. The molecule has 0 aliphatic rings. The zero-order valence-corrected chi connectivity index (χ0v) is 9.47. The summed E-state index contributed by atoms with van der Waals surface area (Å²) in [7, 11) is 0. The maximum Gasteiger partial charge on any atom is 0.258 e. The van der Waals surface area contributed by atoms with Gasteiger partial charge in [-0.15, -0.1) is 0 Å². The van der Waals surface area contributed by atoms with Gasteiger partial charge in [0.2, 0.25) is 0 Å². The van der Waals surface area contributed by atoms with E-state index >= 15 is 0 Å². The second-order valence-electron chi connectivity index (χ2n) is 3.76. The van der Waals surface area contributed by atoms with E-state index in [0.29, 0.717) is 17.1 Å². The molecule has 0 spiro atoms. The second-order valence-corrected chi connectivity index (χ2v) is 3.76. The van der Waals surface area contributed by atoms with Gasteiger partial charge < -0.3 is 11.1 Å². The molecule has 0 aliphatic heterocycles. The largest absolute Gasteiger partial charge is 0.398 e. The van der Waals surface area contributed by atoms with E-state index in [-0.39, 0.29) is 5.91 Å². The second kappa shape index (κ2) is 4.65. The summed E-state index contributed by atoms with van der Waals surface area (Å²) in [5.74, 6) is 0.267. The van der Waals surface area contributed by atoms with Crippen LogP contribution in [-0.4, -0.2) is 10.9 Å². The van der Waals surface area contributed by atoms with Crippen molar-refractivity contribution in [2.45, 2.75) is 6.92 Å². The Bertz CT molecular complexity index is 538. The number of nitrogens with two attached hydrogens (primary N) is 1. The molecule has 0 atom stereocenters. The lowest BCUT2D eigenvalue weighted by Gasteiger charge is -2.07. The molecule has 1 aromatic heterocycles. The number of nitrogens with zero attached hydrogens (tertiary/aromatic N) is 1. The number of nitrogens with one attached hydrogen (secondary N) is 1. The monoisotopic (exact) mass is 227 g/mol. The summed E-state index contributed by atoms with van der Waals surface area (Å²) in [6.07, 6.45) is 1.62. The summed E-state index contributed by atoms with van der Waals surface area (Å²) in [5.41, 5.74) is 7.68. The number of carbonyl (C=O) groups excluding carboxylic acids is 1. The van der Waals surface area contributed by atoms with Crippen LogP contribution >= 0.6 is 0 Å². The molecule has 2 aromatic rings. The van der Waals surface area contributed by atoms with E-state index < -0.39 is 0 Å². The number of carbonyl (C=O) groups is 1. The Balaban J connectivity index is 2.23. The minimum atomic E-state index is -0.245. The quantitative estimate of drug-likeness (QED) is 0.773. The first kappa shape index (κ1) is 11.1. The van der Waals surface area contributed by atoms with Gasteiger partial charge in [-0.3, -0.25) is 4.79 Å². The Morgan fingerprint density at radius 3 is 2.82 bits per heavy atom. The Labute approximate surface area is 99.5 Å². The van der Waals surface area contributed by atoms with Crippen molar-refractivity contribution in [2.24, 2.45) is 0 Å². The fourth-order valence-electron chi connectivity index (χ4n) is 1.49. The third-order valence-electron chi connectivity index (χ3n) is 2.36. The molecule has 1 aromatic carbocycles. The van der Waals surface area contributed by atoms with Crippen LogP contribution in [0.5, 0.6) is 0 Å². The van der Waals surface area contributed by atoms with Crippen molar-refractivity contribution in [2.75, 3.05) is 11.1 Å². The van der Waals surface area contributed by atoms with E-state index in [0.717, 1.165) is 5.56 Å². The highest BCUT2D eigenvalue weighted by atomic mass is 16.1. The molecule has 0 saturated heterocycles. The van der Waals surface area contributed by atoms with Crippen LogP contribution in [0.15, 0.2) is 42.6 Å². The number of aromatic nitrogens is 1. The van der Waals surface area contributed by atoms with Crippen molar-refractivity contribution in [3.05, 3.63) is 53.7 Å². The van der Waals surface area contributed by atoms with Gasteiger partial charge in [-0.2, -0.15) is 0 Å². The molecule has 86 valence electrons. The Kier molecular flexibility index (Phi) is 3.05. The molecule has 0 radical (unpaired) electrons. The van der Waals surface area contributed by atoms with Crippen molar-refractivity contribution in [1.82, 2.24) is 4.98 Å². The molecule has 3 N–H and O–H groups in total. The number of rotatable bonds is 2. The lowest BCUT2D eigenvalue weighted by Crippen LogP contribution is -2.14. The fourth-order valence-corrected chi connectivity index (χ4v) is 1.49. The standard InChI is InChI=1S/C13H13N3O/c1-9-5-6-11(14)10(8-9)13(17)16-12-4-2-3-7-15-12/h2-8H,14H2,1H3,(H,15,16,17). The first-order chi connectivity index (χ1) is 8.16. The highest BCUT2D eigenvalue weighted by Gasteiger charge is 2.10. The molecule has 0 aliphatic carbocycles. The fraction of sp³-hybridized carbons (Fsp3) is 0.0769. The third-order valence-corrected chi connectivity index (χ3v) is 2.36. The third kappa shape index (κ3) is 2.60. The molecule has 0 fully saturated rings. The van der Waals surface area contributed by atoms with Crippen LogP contribution in [0.1, 0.15) is 15.9 Å². The van der Waals surface area contributed by atoms with Crippen LogP contribution in [-0.2, 0) is 0 Å². The number of hydrogen-bond donors (Lipinski definition) is 2. The maximum absolute atomic E-state index is 12.0. The lowest BCUT2D eigenvalue weighted by atomic mass is 10.1. The first-order valence-electron chi connectivity index (χ1n) is 5.25. The average Bonchev–Trinajstić information content (AvgIpc) is 2.33. The summed E-state index contributed by atoms with van der Waals surface area (Å²) in [5, 5.41) is 2.70. The van der Waals surface area contributed by atoms with Crippen LogP contribution in [0, 0.1) is 6.92 Å². The van der Waals surface area contributed by atoms with Crippen molar-refractivity contribution >= 4 is 17.4 Å². The SMILES string of the molecule is Cc1ccc(N)c(C(=O)Nc2ccccn2)c1. The highest BCUT2D eigenvalue weighted by molar-refractivity contribution is 6.07. The predicted molar refractivity (Wildman–Crippen MR) is 67.8 cm³/mol. The van der Waals surface area contributed by atoms with Gasteiger partial charge in [0.05, 0.1) is 5.56 Å². The Hall–Kier alpha value is -2.36. The van der Waals surface area contributed by atoms with Crippen LogP contribution in [0.2, 0.25) is 0 Å². The summed E-state index contributed by atoms with van der Waals surface area (Å²) in [6.45, 7) is 1.91. The van der Waals surface area contributed by atoms with E-state index in [1.54, 1.807) is 30.5 Å². The molecule has 2 rings (SSSR count). The van der Waals surface area contributed by atoms with Gasteiger partial charge in [-0.1, -0.05) is 17.7 Å². The normalized spacial score (nSPS) is 9.94. The van der Waals surface area contributed by atoms with Crippen LogP contribution in [0.4, 0.5) is 11.5 Å². The molecule has 4 nitrogen and oxygen atoms in total. The highest BCUT2D eigenvalue weighted by Crippen LogP contribution is 2.15. The maximum atomic E-state index is 12.0. The molecular weight excluding hydrogens is 214 g/mol. The van der Waals surface area contributed by atoms with Crippen LogP contribution in [0.25, 0.3) is 0 Å². The van der Waals surface area contributed by atoms with Crippen molar-refractivity contribution < 1.29 is 4.79 Å². The van der Waals surface area contributed by atoms with E-state index in [4.69, 9.17) is 5.73 Å². The smallest absolute Gasteiger partial charge is 0.258 e. The minimum absolute atomic E-state index is 0.245. The number of amides is 1. The van der Waals surface area contributed by atoms with Gasteiger partial charge in [0.1, 0.15) is 5.82 Å². The number of anilines is 2. The van der Waals surface area contributed by atoms with Gasteiger partial charge in [-0.05, 0) is 31.2 Å². The van der Waals surface area contributed by atoms with Crippen molar-refractivity contribution in [1.29, 1.82) is 0 Å². The van der Waals surface area contributed by atoms with Gasteiger partial charge in [0.15, 0.2) is 0 Å². The van der Waals surface area contributed by atoms with Crippen molar-refractivity contribution in [3.8, 4) is 0 Å². The Morgan fingerprint density at radius 2 is 2.12 bits per heavy atom. The van der Waals surface area contributed by atoms with Crippen LogP contribution < -0.4 is 11.1 Å². The zero-order valence-electron chi connectivity index (χ0n) is 9.47. The van der Waals surface area contributed by atoms with E-state index in [9.17, 15) is 4.79 Å². The number of pyridine rings is 1. The van der Waals surface area contributed by atoms with Gasteiger partial charge in [-0.25, -0.2) is 4.98 Å². The molecule has 0 unspecified atom stereocenters. The number of aryl methyl sites for hydroxylation is 1. The van der Waals surface area contributed by atoms with Gasteiger partial charge in [0, 0.05) is 11.9 Å². The van der Waals surface area contributed by atoms with E-state index in [1.165, 1.54) is 0 Å². The molecule has 1 amide bonds. The summed E-state index contributed by atoms with van der Waals surface area (Å²) < 4.78 is 0. The average molecular weight is 227 g/mol. The molecule has 17 heavy (non-hydrogen) atoms. The van der Waals surface area contributed by atoms with Crippen molar-refractivity contribution in [3.63, 3.8) is 0 Å². The predicted octanol–water partition coefficient (Wildman–Crippen LogP) is 2.22. The van der Waals surface area contributed by atoms with E-state index in [2.05, 4.69) is 10.3 Å². The summed E-state index contributed by atoms with van der Waals surface area (Å²) >= 11 is 0. The molecule has 0 saturated carbocycles.